The van der Waals surface area contributed by atoms with Gasteiger partial charge in [0.25, 0.3) is 5.91 Å². The summed E-state index contributed by atoms with van der Waals surface area (Å²) in [4.78, 5) is 34.8. The normalized spacial score (nSPS) is 15.3. The number of nitrogens with zero attached hydrogens (tertiary/aromatic N) is 4. The number of benzene rings is 3. The standard InChI is InChI=1S/C35H29F2N7O4/c1-18-11-21-14-26(41-25(21)15-28(18)43-34(46)27(42-35(43)47)13-20-7-4-3-5-8-20)31(45)22-16-40-44(33(22)38)29-17-39-30(12-19(29)2)48-32-23(36)9-6-10-24(32)37/h3-12,14-17,27,31,41,45H,13,38H2,1-2H3,(H,42,47)/t27-,31?/m0/s1. The van der Waals surface area contributed by atoms with Gasteiger partial charge >= 0.3 is 6.03 Å². The monoisotopic (exact) mass is 649 g/mol. The number of aliphatic hydroxyl groups excluding tert-OH is 1. The lowest BCUT2D eigenvalue weighted by molar-refractivity contribution is -0.118. The van der Waals surface area contributed by atoms with E-state index in [0.29, 0.717) is 45.7 Å². The number of imide groups is 1. The second-order valence-electron chi connectivity index (χ2n) is 11.6. The van der Waals surface area contributed by atoms with E-state index in [1.165, 1.54) is 29.2 Å². The van der Waals surface area contributed by atoms with Crippen LogP contribution in [0.15, 0.2) is 85.2 Å². The van der Waals surface area contributed by atoms with Gasteiger partial charge < -0.3 is 25.9 Å². The van der Waals surface area contributed by atoms with Gasteiger partial charge in [-0.1, -0.05) is 36.4 Å². The van der Waals surface area contributed by atoms with Crippen molar-refractivity contribution in [2.75, 3.05) is 10.6 Å². The van der Waals surface area contributed by atoms with E-state index >= 15 is 0 Å². The molecular formula is C35H29F2N7O4. The number of H-pyrrole nitrogens is 1. The highest BCUT2D eigenvalue weighted by Gasteiger charge is 2.39. The number of aryl methyl sites for hydroxylation is 2. The molecule has 1 fully saturated rings. The van der Waals surface area contributed by atoms with Crippen molar-refractivity contribution in [1.82, 2.24) is 25.1 Å². The van der Waals surface area contributed by atoms with Gasteiger partial charge in [-0.05, 0) is 60.9 Å². The molecule has 1 aliphatic rings. The molecule has 0 radical (unpaired) electrons. The van der Waals surface area contributed by atoms with E-state index in [0.717, 1.165) is 28.0 Å². The van der Waals surface area contributed by atoms with Gasteiger partial charge in [0.1, 0.15) is 18.0 Å². The summed E-state index contributed by atoms with van der Waals surface area (Å²) in [6.07, 6.45) is 2.00. The lowest BCUT2D eigenvalue weighted by Crippen LogP contribution is -2.32. The van der Waals surface area contributed by atoms with Gasteiger partial charge in [0.15, 0.2) is 11.6 Å². The Hall–Kier alpha value is -6.08. The number of pyridine rings is 1. The first-order chi connectivity index (χ1) is 23.1. The number of aromatic nitrogens is 4. The molecule has 0 aliphatic carbocycles. The molecule has 13 heteroatoms. The molecule has 1 unspecified atom stereocenters. The molecule has 0 bridgehead atoms. The number of halogens is 2. The third-order valence-corrected chi connectivity index (χ3v) is 8.34. The maximum Gasteiger partial charge on any atom is 0.329 e. The SMILES string of the molecule is Cc1cc2cc(C(O)c3cnn(-c4cnc(Oc5c(F)cccc5F)cc4C)c3N)[nH]c2cc1N1C(=O)N[C@@H](Cc2ccccc2)C1=O. The Morgan fingerprint density at radius 2 is 1.69 bits per heavy atom. The van der Waals surface area contributed by atoms with Crippen LogP contribution < -0.4 is 20.7 Å². The van der Waals surface area contributed by atoms with Gasteiger partial charge in [0.05, 0.1) is 23.8 Å². The summed E-state index contributed by atoms with van der Waals surface area (Å²) in [6.45, 7) is 3.54. The van der Waals surface area contributed by atoms with E-state index in [9.17, 15) is 23.5 Å². The van der Waals surface area contributed by atoms with Crippen LogP contribution in [0.3, 0.4) is 0 Å². The molecule has 5 N–H and O–H groups in total. The first-order valence-corrected chi connectivity index (χ1v) is 15.0. The lowest BCUT2D eigenvalue weighted by Gasteiger charge is -2.16. The van der Waals surface area contributed by atoms with Crippen LogP contribution >= 0.6 is 0 Å². The zero-order chi connectivity index (χ0) is 33.7. The van der Waals surface area contributed by atoms with E-state index < -0.39 is 35.6 Å². The quantitative estimate of drug-likeness (QED) is 0.153. The number of nitrogen functional groups attached to an aromatic ring is 1. The minimum Gasteiger partial charge on any atom is -0.433 e. The highest BCUT2D eigenvalue weighted by Crippen LogP contribution is 2.35. The van der Waals surface area contributed by atoms with Crippen molar-refractivity contribution >= 4 is 34.3 Å². The molecule has 7 rings (SSSR count). The molecule has 6 aromatic rings. The summed E-state index contributed by atoms with van der Waals surface area (Å²) >= 11 is 0. The predicted molar refractivity (Wildman–Crippen MR) is 174 cm³/mol. The topological polar surface area (TPSA) is 151 Å². The fourth-order valence-corrected chi connectivity index (χ4v) is 5.87. The Labute approximate surface area is 272 Å². The second-order valence-corrected chi connectivity index (χ2v) is 11.6. The average Bonchev–Trinajstić information content (AvgIpc) is 3.73. The molecule has 1 aliphatic heterocycles. The van der Waals surface area contributed by atoms with Crippen LogP contribution in [0.25, 0.3) is 16.6 Å². The molecule has 242 valence electrons. The van der Waals surface area contributed by atoms with Crippen LogP contribution in [0.1, 0.15) is 34.1 Å². The van der Waals surface area contributed by atoms with E-state index in [4.69, 9.17) is 10.5 Å². The molecule has 3 aromatic heterocycles. The molecule has 0 saturated carbocycles. The van der Waals surface area contributed by atoms with Crippen molar-refractivity contribution in [3.8, 4) is 17.3 Å². The fraction of sp³-hybridized carbons (Fsp3) is 0.143. The minimum atomic E-state index is -1.21. The van der Waals surface area contributed by atoms with Gasteiger partial charge in [-0.3, -0.25) is 4.79 Å². The first kappa shape index (κ1) is 30.6. The number of hydrogen-bond donors (Lipinski definition) is 4. The first-order valence-electron chi connectivity index (χ1n) is 15.0. The average molecular weight is 650 g/mol. The molecular weight excluding hydrogens is 620 g/mol. The zero-order valence-corrected chi connectivity index (χ0v) is 25.7. The van der Waals surface area contributed by atoms with Crippen LogP contribution in [0.4, 0.5) is 25.1 Å². The summed E-state index contributed by atoms with van der Waals surface area (Å²) in [5, 5.41) is 19.3. The van der Waals surface area contributed by atoms with Gasteiger partial charge in [0.2, 0.25) is 11.6 Å². The number of carbonyl (C=O) groups is 2. The number of amides is 3. The summed E-state index contributed by atoms with van der Waals surface area (Å²) in [7, 11) is 0. The number of nitrogens with two attached hydrogens (primary N) is 1. The smallest absolute Gasteiger partial charge is 0.329 e. The van der Waals surface area contributed by atoms with Crippen molar-refractivity contribution in [3.05, 3.63) is 125 Å². The number of ether oxygens (including phenoxy) is 1. The highest BCUT2D eigenvalue weighted by atomic mass is 19.1. The summed E-state index contributed by atoms with van der Waals surface area (Å²) in [6, 6.07) is 18.5. The maximum absolute atomic E-state index is 14.1. The van der Waals surface area contributed by atoms with Crippen LogP contribution in [0.2, 0.25) is 0 Å². The highest BCUT2D eigenvalue weighted by molar-refractivity contribution is 6.22. The number of fused-ring (bicyclic) bond motifs is 1. The van der Waals surface area contributed by atoms with Crippen LogP contribution in [-0.2, 0) is 11.2 Å². The molecule has 4 heterocycles. The number of rotatable bonds is 8. The van der Waals surface area contributed by atoms with Crippen molar-refractivity contribution < 1.29 is 28.2 Å². The number of nitrogens with one attached hydrogen (secondary N) is 2. The number of aliphatic hydroxyl groups is 1. The van der Waals surface area contributed by atoms with Crippen molar-refractivity contribution in [2.45, 2.75) is 32.4 Å². The Bertz CT molecular complexity index is 2200. The largest absolute Gasteiger partial charge is 0.433 e. The Kier molecular flexibility index (Phi) is 7.60. The molecule has 1 saturated heterocycles. The number of urea groups is 1. The molecule has 3 aromatic carbocycles. The zero-order valence-electron chi connectivity index (χ0n) is 25.7. The third-order valence-electron chi connectivity index (χ3n) is 8.34. The Morgan fingerprint density at radius 1 is 0.958 bits per heavy atom. The van der Waals surface area contributed by atoms with Gasteiger partial charge in [0, 0.05) is 34.6 Å². The van der Waals surface area contributed by atoms with E-state index in [1.54, 1.807) is 19.1 Å². The van der Waals surface area contributed by atoms with E-state index in [-0.39, 0.29) is 17.6 Å². The summed E-state index contributed by atoms with van der Waals surface area (Å²) in [5.74, 6) is -2.52. The Balaban J connectivity index is 1.13. The minimum absolute atomic E-state index is 0.0289. The second kappa shape index (κ2) is 11.9. The molecule has 48 heavy (non-hydrogen) atoms. The van der Waals surface area contributed by atoms with Crippen LogP contribution in [0.5, 0.6) is 11.6 Å². The van der Waals surface area contributed by atoms with Crippen LogP contribution in [-0.4, -0.2) is 42.8 Å². The third kappa shape index (κ3) is 5.39. The molecule has 11 nitrogen and oxygen atoms in total. The van der Waals surface area contributed by atoms with Crippen molar-refractivity contribution in [2.24, 2.45) is 0 Å². The summed E-state index contributed by atoms with van der Waals surface area (Å²) < 4.78 is 34.9. The predicted octanol–water partition coefficient (Wildman–Crippen LogP) is 5.77. The number of para-hydroxylation sites is 1. The fourth-order valence-electron chi connectivity index (χ4n) is 5.87. The number of carbonyl (C=O) groups excluding carboxylic acids is 2. The van der Waals surface area contributed by atoms with Gasteiger partial charge in [-0.15, -0.1) is 0 Å². The molecule has 2 atom stereocenters. The van der Waals surface area contributed by atoms with E-state index in [1.807, 2.05) is 43.3 Å². The molecule has 0 spiro atoms. The van der Waals surface area contributed by atoms with Gasteiger partial charge in [-0.25, -0.2) is 28.1 Å². The maximum atomic E-state index is 14.1. The lowest BCUT2D eigenvalue weighted by atomic mass is 10.1. The number of hydrogen-bond acceptors (Lipinski definition) is 7. The van der Waals surface area contributed by atoms with Crippen molar-refractivity contribution in [1.29, 1.82) is 0 Å². The Morgan fingerprint density at radius 3 is 2.42 bits per heavy atom. The number of anilines is 2. The van der Waals surface area contributed by atoms with Crippen LogP contribution in [0, 0.1) is 25.5 Å². The summed E-state index contributed by atoms with van der Waals surface area (Å²) in [5.41, 5.74) is 10.9. The van der Waals surface area contributed by atoms with Crippen molar-refractivity contribution in [3.63, 3.8) is 0 Å². The van der Waals surface area contributed by atoms with E-state index in [2.05, 4.69) is 20.4 Å². The number of aromatic amines is 1. The van der Waals surface area contributed by atoms with Gasteiger partial charge in [-0.2, -0.15) is 5.10 Å². The molecule has 3 amide bonds.